The average molecular weight is 286 g/mol. The van der Waals surface area contributed by atoms with Gasteiger partial charge < -0.3 is 0 Å². The van der Waals surface area contributed by atoms with Gasteiger partial charge in [0.1, 0.15) is 0 Å². The van der Waals surface area contributed by atoms with Gasteiger partial charge in [0.25, 0.3) is 0 Å². The molecule has 0 amide bonds. The van der Waals surface area contributed by atoms with Gasteiger partial charge in [-0.1, -0.05) is 60.7 Å². The Morgan fingerprint density at radius 2 is 1.59 bits per heavy atom. The molecule has 0 spiro atoms. The number of fused-ring (bicyclic) bond motifs is 1. The molecule has 0 aliphatic rings. The number of rotatable bonds is 4. The summed E-state index contributed by atoms with van der Waals surface area (Å²) in [5, 5.41) is 5.75. The van der Waals surface area contributed by atoms with E-state index < -0.39 is 5.66 Å². The molecular weight excluding hydrogens is 268 g/mol. The lowest BCUT2D eigenvalue weighted by Crippen LogP contribution is -2.35. The van der Waals surface area contributed by atoms with Gasteiger partial charge in [-0.25, -0.2) is 11.9 Å². The van der Waals surface area contributed by atoms with Crippen LogP contribution < -0.4 is 5.32 Å². The number of benzene rings is 3. The van der Waals surface area contributed by atoms with Gasteiger partial charge in [0.2, 0.25) is 0 Å². The van der Waals surface area contributed by atoms with E-state index in [9.17, 15) is 0 Å². The average Bonchev–Trinajstić information content (AvgIpc) is 2.60. The highest BCUT2D eigenvalue weighted by atomic mass is 15.1. The SMILES string of the molecule is [C-]#[N+]C(C)(NCc1ccccc1)c1ccc2ccccc2c1. The molecule has 1 unspecified atom stereocenters. The summed E-state index contributed by atoms with van der Waals surface area (Å²) in [6.07, 6.45) is 0. The lowest BCUT2D eigenvalue weighted by Gasteiger charge is -2.20. The molecule has 1 atom stereocenters. The van der Waals surface area contributed by atoms with Gasteiger partial charge in [-0.05, 0) is 28.5 Å². The van der Waals surface area contributed by atoms with Crippen molar-refractivity contribution in [1.82, 2.24) is 5.32 Å². The maximum Gasteiger partial charge on any atom is 0.309 e. The van der Waals surface area contributed by atoms with Crippen LogP contribution in [-0.4, -0.2) is 0 Å². The molecule has 0 radical (unpaired) electrons. The number of nitrogens with zero attached hydrogens (tertiary/aromatic N) is 1. The Bertz CT molecular complexity index is 818. The Hall–Kier alpha value is -2.63. The van der Waals surface area contributed by atoms with Gasteiger partial charge in [-0.15, -0.1) is 0 Å². The molecule has 108 valence electrons. The lowest BCUT2D eigenvalue weighted by molar-refractivity contribution is 0.449. The van der Waals surface area contributed by atoms with Crippen molar-refractivity contribution < 1.29 is 0 Å². The van der Waals surface area contributed by atoms with Crippen molar-refractivity contribution in [1.29, 1.82) is 0 Å². The molecule has 0 heterocycles. The highest BCUT2D eigenvalue weighted by molar-refractivity contribution is 5.83. The van der Waals surface area contributed by atoms with Crippen LogP contribution in [-0.2, 0) is 12.2 Å². The van der Waals surface area contributed by atoms with Crippen molar-refractivity contribution in [2.24, 2.45) is 0 Å². The third-order valence-corrected chi connectivity index (χ3v) is 4.01. The zero-order chi connectivity index (χ0) is 15.4. The Balaban J connectivity index is 1.89. The second-order valence-electron chi connectivity index (χ2n) is 5.59. The number of hydrogen-bond donors (Lipinski definition) is 1. The van der Waals surface area contributed by atoms with Crippen LogP contribution in [0.25, 0.3) is 15.6 Å². The van der Waals surface area contributed by atoms with Gasteiger partial charge in [0.15, 0.2) is 0 Å². The van der Waals surface area contributed by atoms with Gasteiger partial charge in [-0.3, -0.25) is 4.85 Å². The van der Waals surface area contributed by atoms with E-state index in [1.165, 1.54) is 10.9 Å². The third kappa shape index (κ3) is 2.86. The Morgan fingerprint density at radius 1 is 0.909 bits per heavy atom. The first-order valence-corrected chi connectivity index (χ1v) is 7.38. The monoisotopic (exact) mass is 286 g/mol. The van der Waals surface area contributed by atoms with E-state index in [0.717, 1.165) is 10.9 Å². The molecular formula is C20H18N2. The standard InChI is InChI=1S/C20H18N2/c1-20(21-2,22-15-16-8-4-3-5-9-16)19-13-12-17-10-6-7-11-18(17)14-19/h3-14,22H,15H2,1H3. The number of nitrogens with one attached hydrogen (secondary N) is 1. The van der Waals surface area contributed by atoms with Crippen molar-refractivity contribution in [3.8, 4) is 0 Å². The molecule has 0 aromatic heterocycles. The van der Waals surface area contributed by atoms with E-state index in [0.29, 0.717) is 6.54 Å². The molecule has 0 bridgehead atoms. The molecule has 1 N–H and O–H groups in total. The largest absolute Gasteiger partial charge is 0.309 e. The second-order valence-corrected chi connectivity index (χ2v) is 5.59. The molecule has 3 rings (SSSR count). The zero-order valence-electron chi connectivity index (χ0n) is 12.6. The first kappa shape index (κ1) is 14.3. The highest BCUT2D eigenvalue weighted by Gasteiger charge is 2.32. The molecule has 3 aromatic rings. The third-order valence-electron chi connectivity index (χ3n) is 4.01. The lowest BCUT2D eigenvalue weighted by atomic mass is 9.98. The maximum absolute atomic E-state index is 7.63. The molecule has 2 heteroatoms. The van der Waals surface area contributed by atoms with E-state index >= 15 is 0 Å². The summed E-state index contributed by atoms with van der Waals surface area (Å²) in [6, 6.07) is 24.6. The predicted molar refractivity (Wildman–Crippen MR) is 91.2 cm³/mol. The molecule has 22 heavy (non-hydrogen) atoms. The van der Waals surface area contributed by atoms with Gasteiger partial charge in [0, 0.05) is 13.5 Å². The molecule has 2 nitrogen and oxygen atoms in total. The Labute approximate surface area is 131 Å². The molecule has 3 aromatic carbocycles. The first-order valence-electron chi connectivity index (χ1n) is 7.38. The Morgan fingerprint density at radius 3 is 2.32 bits per heavy atom. The van der Waals surface area contributed by atoms with Gasteiger partial charge in [0.05, 0.1) is 5.56 Å². The molecule has 0 aliphatic carbocycles. The summed E-state index contributed by atoms with van der Waals surface area (Å²) < 4.78 is 0. The summed E-state index contributed by atoms with van der Waals surface area (Å²) in [6.45, 7) is 10.2. The fourth-order valence-corrected chi connectivity index (χ4v) is 2.57. The van der Waals surface area contributed by atoms with Crippen molar-refractivity contribution in [3.05, 3.63) is 95.3 Å². The fourth-order valence-electron chi connectivity index (χ4n) is 2.57. The second kappa shape index (κ2) is 6.01. The smallest absolute Gasteiger partial charge is 0.288 e. The van der Waals surface area contributed by atoms with Crippen LogP contribution in [0.15, 0.2) is 72.8 Å². The molecule has 0 saturated heterocycles. The van der Waals surface area contributed by atoms with E-state index in [1.807, 2.05) is 43.3 Å². The van der Waals surface area contributed by atoms with Crippen LogP contribution in [0.5, 0.6) is 0 Å². The number of hydrogen-bond acceptors (Lipinski definition) is 1. The van der Waals surface area contributed by atoms with Crippen LogP contribution in [0.2, 0.25) is 0 Å². The summed E-state index contributed by atoms with van der Waals surface area (Å²) in [5.74, 6) is 0. The van der Waals surface area contributed by atoms with E-state index in [2.05, 4.69) is 46.6 Å². The van der Waals surface area contributed by atoms with Crippen molar-refractivity contribution >= 4 is 10.8 Å². The predicted octanol–water partition coefficient (Wildman–Crippen LogP) is 4.72. The Kier molecular flexibility index (Phi) is 3.91. The van der Waals surface area contributed by atoms with E-state index in [1.54, 1.807) is 0 Å². The minimum absolute atomic E-state index is 0.673. The van der Waals surface area contributed by atoms with Crippen LogP contribution in [0.3, 0.4) is 0 Å². The van der Waals surface area contributed by atoms with Crippen molar-refractivity contribution in [2.45, 2.75) is 19.1 Å². The van der Waals surface area contributed by atoms with Gasteiger partial charge >= 0.3 is 5.66 Å². The van der Waals surface area contributed by atoms with Crippen molar-refractivity contribution in [3.63, 3.8) is 0 Å². The summed E-state index contributed by atoms with van der Waals surface area (Å²) in [5.41, 5.74) is 1.45. The molecule has 0 aliphatic heterocycles. The maximum atomic E-state index is 7.63. The summed E-state index contributed by atoms with van der Waals surface area (Å²) >= 11 is 0. The molecule has 0 saturated carbocycles. The van der Waals surface area contributed by atoms with Crippen molar-refractivity contribution in [2.75, 3.05) is 0 Å². The van der Waals surface area contributed by atoms with Crippen LogP contribution in [0, 0.1) is 6.57 Å². The topological polar surface area (TPSA) is 16.4 Å². The van der Waals surface area contributed by atoms with Gasteiger partial charge in [-0.2, -0.15) is 0 Å². The highest BCUT2D eigenvalue weighted by Crippen LogP contribution is 2.26. The zero-order valence-corrected chi connectivity index (χ0v) is 12.6. The summed E-state index contributed by atoms with van der Waals surface area (Å²) in [4.78, 5) is 3.85. The minimum Gasteiger partial charge on any atom is -0.288 e. The quantitative estimate of drug-likeness (QED) is 0.686. The van der Waals surface area contributed by atoms with Crippen LogP contribution in [0.1, 0.15) is 18.1 Å². The van der Waals surface area contributed by atoms with Crippen LogP contribution in [0.4, 0.5) is 0 Å². The fraction of sp³-hybridized carbons (Fsp3) is 0.150. The van der Waals surface area contributed by atoms with Crippen LogP contribution >= 0.6 is 0 Å². The minimum atomic E-state index is -0.722. The summed E-state index contributed by atoms with van der Waals surface area (Å²) in [7, 11) is 0. The first-order chi connectivity index (χ1) is 10.7. The van der Waals surface area contributed by atoms with E-state index in [-0.39, 0.29) is 0 Å². The normalized spacial score (nSPS) is 13.5. The molecule has 0 fully saturated rings. The van der Waals surface area contributed by atoms with E-state index in [4.69, 9.17) is 6.57 Å².